The van der Waals surface area contributed by atoms with E-state index >= 15 is 0 Å². The van der Waals surface area contributed by atoms with E-state index in [-0.39, 0.29) is 12.4 Å². The van der Waals surface area contributed by atoms with Gasteiger partial charge in [-0.3, -0.25) is 4.79 Å². The van der Waals surface area contributed by atoms with Crippen molar-refractivity contribution in [1.29, 1.82) is 0 Å². The average molecular weight is 254 g/mol. The van der Waals surface area contributed by atoms with Crippen LogP contribution in [-0.4, -0.2) is 19.5 Å². The number of carbonyl (C=O) groups is 1. The number of ether oxygens (including phenoxy) is 1. The molecule has 2 rings (SSSR count). The monoisotopic (exact) mass is 254 g/mol. The van der Waals surface area contributed by atoms with Crippen LogP contribution in [0, 0.1) is 6.92 Å². The van der Waals surface area contributed by atoms with E-state index in [9.17, 15) is 4.79 Å². The van der Waals surface area contributed by atoms with E-state index in [2.05, 4.69) is 18.2 Å². The molecule has 0 bridgehead atoms. The highest BCUT2D eigenvalue weighted by molar-refractivity contribution is 5.97. The summed E-state index contributed by atoms with van der Waals surface area (Å²) in [6.07, 6.45) is 0.843. The fraction of sp³-hybridized carbons (Fsp3) is 0.235. The van der Waals surface area contributed by atoms with Crippen LogP contribution in [0.5, 0.6) is 0 Å². The van der Waals surface area contributed by atoms with Crippen LogP contribution in [0.4, 0.5) is 0 Å². The number of aryl methyl sites for hydroxylation is 1. The maximum Gasteiger partial charge on any atom is 0.188 e. The van der Waals surface area contributed by atoms with Crippen molar-refractivity contribution in [3.63, 3.8) is 0 Å². The molecule has 2 aromatic carbocycles. The molecule has 0 unspecified atom stereocenters. The Hall–Kier alpha value is -1.93. The Bertz CT molecular complexity index is 559. The molecule has 2 aromatic rings. The van der Waals surface area contributed by atoms with Crippen molar-refractivity contribution in [3.8, 4) is 0 Å². The molecule has 0 fully saturated rings. The summed E-state index contributed by atoms with van der Waals surface area (Å²) in [4.78, 5) is 11.9. The fourth-order valence-corrected chi connectivity index (χ4v) is 2.17. The van der Waals surface area contributed by atoms with Crippen LogP contribution in [0.15, 0.2) is 48.5 Å². The van der Waals surface area contributed by atoms with Crippen molar-refractivity contribution < 1.29 is 9.53 Å². The molecule has 0 heterocycles. The first-order valence-corrected chi connectivity index (χ1v) is 6.35. The number of rotatable bonds is 5. The molecular formula is C17H18O2. The summed E-state index contributed by atoms with van der Waals surface area (Å²) in [5.74, 6) is 0.0283. The lowest BCUT2D eigenvalue weighted by molar-refractivity contribution is 0.0848. The minimum absolute atomic E-state index is 0.0283. The van der Waals surface area contributed by atoms with Gasteiger partial charge < -0.3 is 4.74 Å². The number of hydrogen-bond donors (Lipinski definition) is 0. The highest BCUT2D eigenvalue weighted by Crippen LogP contribution is 2.15. The van der Waals surface area contributed by atoms with Crippen LogP contribution in [0.3, 0.4) is 0 Å². The number of carbonyl (C=O) groups excluding carboxylic acids is 1. The summed E-state index contributed by atoms with van der Waals surface area (Å²) >= 11 is 0. The lowest BCUT2D eigenvalue weighted by Crippen LogP contribution is -2.08. The van der Waals surface area contributed by atoms with Crippen molar-refractivity contribution in [3.05, 3.63) is 70.8 Å². The van der Waals surface area contributed by atoms with E-state index in [0.29, 0.717) is 0 Å². The van der Waals surface area contributed by atoms with Gasteiger partial charge in [0.05, 0.1) is 0 Å². The third-order valence-electron chi connectivity index (χ3n) is 2.99. The topological polar surface area (TPSA) is 26.3 Å². The molecule has 2 heteroatoms. The number of ketones is 1. The molecule has 0 aliphatic rings. The summed E-state index contributed by atoms with van der Waals surface area (Å²) < 4.78 is 4.91. The van der Waals surface area contributed by atoms with Gasteiger partial charge in [-0.25, -0.2) is 0 Å². The summed E-state index contributed by atoms with van der Waals surface area (Å²) in [5, 5.41) is 0. The normalized spacial score (nSPS) is 10.4. The standard InChI is InChI=1S/C17H18O2/c1-13-8-15(10-14-6-4-3-5-7-14)11-16(9-13)17(18)12-19-2/h3-9,11H,10,12H2,1-2H3. The first-order valence-electron chi connectivity index (χ1n) is 6.35. The van der Waals surface area contributed by atoms with Crippen molar-refractivity contribution in [1.82, 2.24) is 0 Å². The van der Waals surface area contributed by atoms with Crippen molar-refractivity contribution >= 4 is 5.78 Å². The quantitative estimate of drug-likeness (QED) is 0.764. The van der Waals surface area contributed by atoms with E-state index in [0.717, 1.165) is 23.1 Å². The smallest absolute Gasteiger partial charge is 0.188 e. The molecule has 0 aliphatic carbocycles. The summed E-state index contributed by atoms with van der Waals surface area (Å²) in [6, 6.07) is 16.3. The van der Waals surface area contributed by atoms with Gasteiger partial charge in [0.1, 0.15) is 6.61 Å². The molecule has 2 nitrogen and oxygen atoms in total. The Morgan fingerprint density at radius 3 is 2.47 bits per heavy atom. The SMILES string of the molecule is COCC(=O)c1cc(C)cc(Cc2ccccc2)c1. The van der Waals surface area contributed by atoms with Gasteiger partial charge in [-0.2, -0.15) is 0 Å². The maximum absolute atomic E-state index is 11.9. The zero-order valence-electron chi connectivity index (χ0n) is 11.3. The second-order valence-electron chi connectivity index (χ2n) is 4.73. The predicted molar refractivity (Wildman–Crippen MR) is 76.6 cm³/mol. The van der Waals surface area contributed by atoms with Crippen LogP contribution < -0.4 is 0 Å². The Kier molecular flexibility index (Phi) is 4.48. The highest BCUT2D eigenvalue weighted by Gasteiger charge is 2.07. The fourth-order valence-electron chi connectivity index (χ4n) is 2.17. The first kappa shape index (κ1) is 13.5. The molecule has 0 N–H and O–H groups in total. The number of methoxy groups -OCH3 is 1. The van der Waals surface area contributed by atoms with Crippen molar-refractivity contribution in [2.45, 2.75) is 13.3 Å². The molecule has 0 aliphatic heterocycles. The van der Waals surface area contributed by atoms with E-state index in [1.807, 2.05) is 37.3 Å². The van der Waals surface area contributed by atoms with Crippen molar-refractivity contribution in [2.24, 2.45) is 0 Å². The van der Waals surface area contributed by atoms with Gasteiger partial charge in [0.2, 0.25) is 0 Å². The van der Waals surface area contributed by atoms with E-state index in [1.165, 1.54) is 5.56 Å². The number of hydrogen-bond acceptors (Lipinski definition) is 2. The van der Waals surface area contributed by atoms with Crippen LogP contribution in [-0.2, 0) is 11.2 Å². The van der Waals surface area contributed by atoms with E-state index < -0.39 is 0 Å². The van der Waals surface area contributed by atoms with E-state index in [4.69, 9.17) is 4.74 Å². The lowest BCUT2D eigenvalue weighted by Gasteiger charge is -2.07. The summed E-state index contributed by atoms with van der Waals surface area (Å²) in [7, 11) is 1.54. The second kappa shape index (κ2) is 6.30. The third-order valence-corrected chi connectivity index (χ3v) is 2.99. The van der Waals surface area contributed by atoms with Crippen LogP contribution >= 0.6 is 0 Å². The highest BCUT2D eigenvalue weighted by atomic mass is 16.5. The maximum atomic E-state index is 11.9. The molecule has 0 amide bonds. The second-order valence-corrected chi connectivity index (χ2v) is 4.73. The zero-order valence-corrected chi connectivity index (χ0v) is 11.3. The summed E-state index contributed by atoms with van der Waals surface area (Å²) in [6.45, 7) is 2.15. The molecule has 0 saturated heterocycles. The molecule has 0 aromatic heterocycles. The predicted octanol–water partition coefficient (Wildman–Crippen LogP) is 3.41. The van der Waals surface area contributed by atoms with Crippen molar-refractivity contribution in [2.75, 3.05) is 13.7 Å². The lowest BCUT2D eigenvalue weighted by atomic mass is 9.99. The largest absolute Gasteiger partial charge is 0.377 e. The average Bonchev–Trinajstić information content (AvgIpc) is 2.39. The Labute approximate surface area is 114 Å². The Balaban J connectivity index is 2.24. The molecule has 0 atom stereocenters. The molecule has 0 spiro atoms. The molecule has 0 saturated carbocycles. The first-order chi connectivity index (χ1) is 9.19. The van der Waals surface area contributed by atoms with Gasteiger partial charge in [-0.05, 0) is 36.6 Å². The minimum atomic E-state index is 0.0283. The van der Waals surface area contributed by atoms with Gasteiger partial charge in [-0.15, -0.1) is 0 Å². The van der Waals surface area contributed by atoms with Gasteiger partial charge >= 0.3 is 0 Å². The summed E-state index contributed by atoms with van der Waals surface area (Å²) in [5.41, 5.74) is 4.24. The van der Waals surface area contributed by atoms with Gasteiger partial charge in [0, 0.05) is 12.7 Å². The third kappa shape index (κ3) is 3.76. The Morgan fingerprint density at radius 2 is 1.79 bits per heavy atom. The molecule has 98 valence electrons. The molecule has 0 radical (unpaired) electrons. The zero-order chi connectivity index (χ0) is 13.7. The molecule has 19 heavy (non-hydrogen) atoms. The van der Waals surface area contributed by atoms with Gasteiger partial charge in [-0.1, -0.05) is 42.0 Å². The van der Waals surface area contributed by atoms with Gasteiger partial charge in [0.25, 0.3) is 0 Å². The van der Waals surface area contributed by atoms with Crippen LogP contribution in [0.1, 0.15) is 27.0 Å². The molecular weight excluding hydrogens is 236 g/mol. The number of Topliss-reactive ketones (excluding diaryl/α,β-unsaturated/α-hetero) is 1. The van der Waals surface area contributed by atoms with Crippen LogP contribution in [0.2, 0.25) is 0 Å². The minimum Gasteiger partial charge on any atom is -0.377 e. The van der Waals surface area contributed by atoms with Crippen LogP contribution in [0.25, 0.3) is 0 Å². The Morgan fingerprint density at radius 1 is 1.05 bits per heavy atom. The number of benzene rings is 2. The van der Waals surface area contributed by atoms with E-state index in [1.54, 1.807) is 7.11 Å². The van der Waals surface area contributed by atoms with Gasteiger partial charge in [0.15, 0.2) is 5.78 Å².